The summed E-state index contributed by atoms with van der Waals surface area (Å²) < 4.78 is 7.98. The van der Waals surface area contributed by atoms with Gasteiger partial charge in [-0.25, -0.2) is 14.8 Å². The molecule has 5 rings (SSSR count). The SMILES string of the molecule is Cc1ccc(C2CC(n3nc(Cn4cnc5nccc(Cl)c5c4=O)oc3=O)C2)cc1. The summed E-state index contributed by atoms with van der Waals surface area (Å²) in [5, 5.41) is 4.81. The van der Waals surface area contributed by atoms with Crippen LogP contribution in [-0.4, -0.2) is 24.3 Å². The highest BCUT2D eigenvalue weighted by Gasteiger charge is 2.34. The second kappa shape index (κ2) is 7.21. The number of pyridine rings is 1. The maximum absolute atomic E-state index is 12.7. The van der Waals surface area contributed by atoms with Gasteiger partial charge in [-0.3, -0.25) is 9.36 Å². The molecule has 152 valence electrons. The van der Waals surface area contributed by atoms with E-state index >= 15 is 0 Å². The first-order valence-electron chi connectivity index (χ1n) is 9.64. The van der Waals surface area contributed by atoms with Crippen molar-refractivity contribution < 1.29 is 4.42 Å². The Kier molecular flexibility index (Phi) is 4.51. The van der Waals surface area contributed by atoms with Crippen LogP contribution in [0.3, 0.4) is 0 Å². The van der Waals surface area contributed by atoms with Gasteiger partial charge < -0.3 is 4.42 Å². The summed E-state index contributed by atoms with van der Waals surface area (Å²) >= 11 is 6.12. The predicted molar refractivity (Wildman–Crippen MR) is 111 cm³/mol. The number of nitrogens with zero attached hydrogens (tertiary/aromatic N) is 5. The maximum Gasteiger partial charge on any atom is 0.437 e. The number of aromatic nitrogens is 5. The normalized spacial score (nSPS) is 18.5. The first kappa shape index (κ1) is 18.7. The molecule has 0 spiro atoms. The van der Waals surface area contributed by atoms with Gasteiger partial charge in [-0.15, -0.1) is 5.10 Å². The highest BCUT2D eigenvalue weighted by molar-refractivity contribution is 6.35. The number of halogens is 1. The molecule has 0 unspecified atom stereocenters. The monoisotopic (exact) mass is 423 g/mol. The van der Waals surface area contributed by atoms with Crippen molar-refractivity contribution in [2.75, 3.05) is 0 Å². The number of rotatable bonds is 4. The van der Waals surface area contributed by atoms with Crippen LogP contribution in [0.5, 0.6) is 0 Å². The van der Waals surface area contributed by atoms with E-state index in [1.807, 2.05) is 0 Å². The molecule has 0 aliphatic heterocycles. The van der Waals surface area contributed by atoms with Crippen molar-refractivity contribution in [3.05, 3.63) is 85.8 Å². The van der Waals surface area contributed by atoms with E-state index in [1.54, 1.807) is 0 Å². The van der Waals surface area contributed by atoms with E-state index in [1.165, 1.54) is 39.0 Å². The highest BCUT2D eigenvalue weighted by Crippen LogP contribution is 2.43. The molecule has 8 nitrogen and oxygen atoms in total. The van der Waals surface area contributed by atoms with Crippen LogP contribution in [0.4, 0.5) is 0 Å². The molecule has 9 heteroatoms. The molecule has 30 heavy (non-hydrogen) atoms. The Hall–Kier alpha value is -3.26. The van der Waals surface area contributed by atoms with Gasteiger partial charge in [0, 0.05) is 6.20 Å². The molecule has 1 saturated carbocycles. The van der Waals surface area contributed by atoms with Gasteiger partial charge in [0.25, 0.3) is 5.56 Å². The van der Waals surface area contributed by atoms with Crippen molar-refractivity contribution in [2.24, 2.45) is 0 Å². The fraction of sp³-hybridized carbons (Fsp3) is 0.286. The Labute approximate surface area is 175 Å². The molecule has 0 radical (unpaired) electrons. The molecule has 1 fully saturated rings. The van der Waals surface area contributed by atoms with Crippen LogP contribution < -0.4 is 11.3 Å². The molecular formula is C21H18ClN5O3. The Morgan fingerprint density at radius 3 is 2.67 bits per heavy atom. The van der Waals surface area contributed by atoms with Crippen LogP contribution in [0.15, 0.2) is 56.9 Å². The second-order valence-electron chi connectivity index (χ2n) is 7.61. The summed E-state index contributed by atoms with van der Waals surface area (Å²) in [4.78, 5) is 33.2. The number of fused-ring (bicyclic) bond motifs is 1. The van der Waals surface area contributed by atoms with E-state index in [9.17, 15) is 9.59 Å². The molecule has 4 aromatic rings. The van der Waals surface area contributed by atoms with Gasteiger partial charge in [0.2, 0.25) is 5.89 Å². The molecule has 1 aliphatic carbocycles. The predicted octanol–water partition coefficient (Wildman–Crippen LogP) is 3.07. The summed E-state index contributed by atoms with van der Waals surface area (Å²) in [6.07, 6.45) is 4.50. The fourth-order valence-corrected chi connectivity index (χ4v) is 4.05. The minimum atomic E-state index is -0.515. The average Bonchev–Trinajstić information content (AvgIpc) is 3.04. The molecule has 0 amide bonds. The average molecular weight is 424 g/mol. The van der Waals surface area contributed by atoms with Gasteiger partial charge in [0.15, 0.2) is 5.65 Å². The van der Waals surface area contributed by atoms with Gasteiger partial charge in [-0.1, -0.05) is 41.4 Å². The van der Waals surface area contributed by atoms with Crippen LogP contribution >= 0.6 is 11.6 Å². The molecule has 1 aromatic carbocycles. The maximum atomic E-state index is 12.7. The van der Waals surface area contributed by atoms with E-state index in [2.05, 4.69) is 46.3 Å². The Morgan fingerprint density at radius 2 is 1.90 bits per heavy atom. The van der Waals surface area contributed by atoms with Gasteiger partial charge in [-0.2, -0.15) is 4.68 Å². The summed E-state index contributed by atoms with van der Waals surface area (Å²) in [5.41, 5.74) is 2.40. The zero-order valence-electron chi connectivity index (χ0n) is 16.2. The Bertz CT molecular complexity index is 1350. The largest absolute Gasteiger partial charge is 0.437 e. The molecule has 3 heterocycles. The van der Waals surface area contributed by atoms with Crippen molar-refractivity contribution >= 4 is 22.6 Å². The zero-order valence-corrected chi connectivity index (χ0v) is 16.9. The highest BCUT2D eigenvalue weighted by atomic mass is 35.5. The Morgan fingerprint density at radius 1 is 1.13 bits per heavy atom. The lowest BCUT2D eigenvalue weighted by molar-refractivity contribution is 0.233. The molecular weight excluding hydrogens is 406 g/mol. The van der Waals surface area contributed by atoms with E-state index in [0.717, 1.165) is 12.8 Å². The number of aryl methyl sites for hydroxylation is 1. The zero-order chi connectivity index (χ0) is 20.8. The molecule has 0 N–H and O–H groups in total. The standard InChI is InChI=1S/C21H18ClN5O3/c1-12-2-4-13(5-3-12)14-8-15(9-14)27-21(29)30-17(25-27)10-26-11-24-19-18(20(26)28)16(22)6-7-23-19/h2-7,11,14-15H,8-10H2,1H3. The van der Waals surface area contributed by atoms with E-state index in [0.29, 0.717) is 5.92 Å². The van der Waals surface area contributed by atoms with E-state index in [-0.39, 0.29) is 40.1 Å². The fourth-order valence-electron chi connectivity index (χ4n) is 3.82. The van der Waals surface area contributed by atoms with E-state index < -0.39 is 5.76 Å². The lowest BCUT2D eigenvalue weighted by atomic mass is 9.76. The van der Waals surface area contributed by atoms with Crippen LogP contribution in [0.1, 0.15) is 41.8 Å². The molecule has 3 aromatic heterocycles. The van der Waals surface area contributed by atoms with Crippen LogP contribution in [-0.2, 0) is 6.54 Å². The van der Waals surface area contributed by atoms with Gasteiger partial charge in [0.05, 0.1) is 11.1 Å². The lowest BCUT2D eigenvalue weighted by Crippen LogP contribution is -2.31. The smallest absolute Gasteiger partial charge is 0.390 e. The van der Waals surface area contributed by atoms with Crippen LogP contribution in [0.2, 0.25) is 5.02 Å². The van der Waals surface area contributed by atoms with Gasteiger partial charge >= 0.3 is 5.76 Å². The topological polar surface area (TPSA) is 95.8 Å². The molecule has 0 saturated heterocycles. The van der Waals surface area contributed by atoms with Crippen molar-refractivity contribution in [1.82, 2.24) is 24.3 Å². The lowest BCUT2D eigenvalue weighted by Gasteiger charge is -2.34. The van der Waals surface area contributed by atoms with Gasteiger partial charge in [-0.05, 0) is 37.3 Å². The molecule has 0 atom stereocenters. The van der Waals surface area contributed by atoms with Crippen LogP contribution in [0, 0.1) is 6.92 Å². The minimum absolute atomic E-state index is 0.00796. The minimum Gasteiger partial charge on any atom is -0.390 e. The summed E-state index contributed by atoms with van der Waals surface area (Å²) in [6.45, 7) is 2.05. The van der Waals surface area contributed by atoms with E-state index in [4.69, 9.17) is 16.0 Å². The summed E-state index contributed by atoms with van der Waals surface area (Å²) in [6, 6.07) is 9.98. The van der Waals surface area contributed by atoms with Crippen molar-refractivity contribution in [2.45, 2.75) is 38.3 Å². The molecule has 0 bridgehead atoms. The first-order chi connectivity index (χ1) is 14.5. The summed E-state index contributed by atoms with van der Waals surface area (Å²) in [7, 11) is 0. The third-order valence-corrected chi connectivity index (χ3v) is 5.91. The number of hydrogen-bond donors (Lipinski definition) is 0. The van der Waals surface area contributed by atoms with Crippen molar-refractivity contribution in [3.8, 4) is 0 Å². The quantitative estimate of drug-likeness (QED) is 0.500. The van der Waals surface area contributed by atoms with Crippen molar-refractivity contribution in [1.29, 1.82) is 0 Å². The van der Waals surface area contributed by atoms with Gasteiger partial charge in [0.1, 0.15) is 18.3 Å². The third-order valence-electron chi connectivity index (χ3n) is 5.60. The van der Waals surface area contributed by atoms with Crippen LogP contribution in [0.25, 0.3) is 11.0 Å². The second-order valence-corrected chi connectivity index (χ2v) is 8.02. The third kappa shape index (κ3) is 3.23. The summed E-state index contributed by atoms with van der Waals surface area (Å²) in [5.74, 6) is 0.0468. The number of hydrogen-bond acceptors (Lipinski definition) is 6. The Balaban J connectivity index is 1.36. The number of benzene rings is 1. The molecule has 1 aliphatic rings. The van der Waals surface area contributed by atoms with Crippen molar-refractivity contribution in [3.63, 3.8) is 0 Å². The first-order valence-corrected chi connectivity index (χ1v) is 10.0.